The van der Waals surface area contributed by atoms with Gasteiger partial charge in [-0.1, -0.05) is 43.5 Å². The highest BCUT2D eigenvalue weighted by Gasteiger charge is 2.43. The van der Waals surface area contributed by atoms with Crippen molar-refractivity contribution in [3.63, 3.8) is 0 Å². The molecule has 0 aromatic heterocycles. The van der Waals surface area contributed by atoms with Crippen LogP contribution in [0.25, 0.3) is 0 Å². The molecule has 1 fully saturated rings. The summed E-state index contributed by atoms with van der Waals surface area (Å²) < 4.78 is 6.29. The Hall–Kier alpha value is -0.900. The van der Waals surface area contributed by atoms with Crippen LogP contribution in [0.1, 0.15) is 62.3 Å². The minimum absolute atomic E-state index is 0.0563. The number of ether oxygens (including phenoxy) is 1. The van der Waals surface area contributed by atoms with Crippen LogP contribution in [0.3, 0.4) is 0 Å². The van der Waals surface area contributed by atoms with Crippen LogP contribution in [-0.2, 0) is 4.74 Å². The van der Waals surface area contributed by atoms with E-state index in [0.29, 0.717) is 5.92 Å². The second kappa shape index (κ2) is 6.91. The van der Waals surface area contributed by atoms with Crippen LogP contribution in [0.2, 0.25) is 0 Å². The number of benzene rings is 1. The van der Waals surface area contributed by atoms with Crippen molar-refractivity contribution in [3.05, 3.63) is 34.9 Å². The zero-order chi connectivity index (χ0) is 15.5. The van der Waals surface area contributed by atoms with Crippen molar-refractivity contribution in [1.29, 1.82) is 0 Å². The first-order chi connectivity index (χ1) is 10.0. The molecule has 0 amide bonds. The van der Waals surface area contributed by atoms with E-state index in [1.165, 1.54) is 29.5 Å². The lowest BCUT2D eigenvalue weighted by Gasteiger charge is -2.45. The molecule has 1 saturated carbocycles. The average molecular weight is 290 g/mol. The van der Waals surface area contributed by atoms with Gasteiger partial charge in [-0.2, -0.15) is 0 Å². The molecule has 0 heterocycles. The number of hydrogen-bond donors (Lipinski definition) is 2. The maximum absolute atomic E-state index is 6.29. The maximum atomic E-state index is 6.29. The Morgan fingerprint density at radius 1 is 1.43 bits per heavy atom. The molecule has 0 spiro atoms. The van der Waals surface area contributed by atoms with Crippen LogP contribution < -0.4 is 11.3 Å². The molecule has 1 aromatic rings. The van der Waals surface area contributed by atoms with Crippen LogP contribution in [0, 0.1) is 19.8 Å². The summed E-state index contributed by atoms with van der Waals surface area (Å²) in [7, 11) is 0. The summed E-state index contributed by atoms with van der Waals surface area (Å²) in [6, 6.07) is 6.65. The van der Waals surface area contributed by atoms with E-state index in [2.05, 4.69) is 51.3 Å². The molecule has 118 valence electrons. The largest absolute Gasteiger partial charge is 0.373 e. The minimum atomic E-state index is -0.179. The first-order valence-corrected chi connectivity index (χ1v) is 8.19. The summed E-state index contributed by atoms with van der Waals surface area (Å²) in [5.41, 5.74) is 6.73. The van der Waals surface area contributed by atoms with Gasteiger partial charge in [0, 0.05) is 6.61 Å². The van der Waals surface area contributed by atoms with Crippen molar-refractivity contribution in [2.24, 2.45) is 11.8 Å². The molecule has 1 aliphatic carbocycles. The number of aryl methyl sites for hydroxylation is 2. The van der Waals surface area contributed by atoms with Crippen molar-refractivity contribution in [2.75, 3.05) is 6.61 Å². The van der Waals surface area contributed by atoms with E-state index < -0.39 is 0 Å². The van der Waals surface area contributed by atoms with E-state index >= 15 is 0 Å². The molecular weight excluding hydrogens is 260 g/mol. The first-order valence-electron chi connectivity index (χ1n) is 8.19. The third-order valence-electron chi connectivity index (χ3n) is 4.85. The van der Waals surface area contributed by atoms with Gasteiger partial charge in [-0.05, 0) is 50.7 Å². The van der Waals surface area contributed by atoms with Crippen LogP contribution in [-0.4, -0.2) is 12.2 Å². The van der Waals surface area contributed by atoms with E-state index in [9.17, 15) is 0 Å². The third kappa shape index (κ3) is 3.47. The molecule has 3 N–H and O–H groups in total. The Morgan fingerprint density at radius 2 is 2.19 bits per heavy atom. The van der Waals surface area contributed by atoms with Crippen molar-refractivity contribution in [1.82, 2.24) is 5.43 Å². The molecule has 0 saturated heterocycles. The standard InChI is InChI=1S/C18H30N2O/c1-5-21-18(10-6-7-14(3)12-18)17(20-19)16-9-8-13(2)11-15(16)4/h8-9,11,14,17,20H,5-7,10,12,19H2,1-4H3. The van der Waals surface area contributed by atoms with Gasteiger partial charge in [0.05, 0.1) is 11.6 Å². The lowest BCUT2D eigenvalue weighted by Crippen LogP contribution is -2.51. The third-order valence-corrected chi connectivity index (χ3v) is 4.85. The van der Waals surface area contributed by atoms with Gasteiger partial charge in [0.1, 0.15) is 0 Å². The van der Waals surface area contributed by atoms with E-state index in [4.69, 9.17) is 10.6 Å². The zero-order valence-corrected chi connectivity index (χ0v) is 13.9. The van der Waals surface area contributed by atoms with Gasteiger partial charge in [0.15, 0.2) is 0 Å². The molecule has 1 aromatic carbocycles. The molecular formula is C18H30N2O. The Morgan fingerprint density at radius 3 is 2.76 bits per heavy atom. The van der Waals surface area contributed by atoms with Gasteiger partial charge in [0.2, 0.25) is 0 Å². The Kier molecular flexibility index (Phi) is 5.42. The first kappa shape index (κ1) is 16.5. The van der Waals surface area contributed by atoms with E-state index in [-0.39, 0.29) is 11.6 Å². The number of nitrogens with two attached hydrogens (primary N) is 1. The smallest absolute Gasteiger partial charge is 0.0891 e. The van der Waals surface area contributed by atoms with Gasteiger partial charge in [-0.25, -0.2) is 0 Å². The van der Waals surface area contributed by atoms with E-state index in [0.717, 1.165) is 19.4 Å². The van der Waals surface area contributed by atoms with Gasteiger partial charge < -0.3 is 4.74 Å². The molecule has 2 rings (SSSR count). The molecule has 0 aliphatic heterocycles. The number of nitrogens with one attached hydrogen (secondary N) is 1. The lowest BCUT2D eigenvalue weighted by atomic mass is 9.72. The van der Waals surface area contributed by atoms with Crippen LogP contribution in [0.4, 0.5) is 0 Å². The zero-order valence-electron chi connectivity index (χ0n) is 13.9. The van der Waals surface area contributed by atoms with Crippen LogP contribution in [0.5, 0.6) is 0 Å². The van der Waals surface area contributed by atoms with Crippen LogP contribution >= 0.6 is 0 Å². The van der Waals surface area contributed by atoms with E-state index in [1.807, 2.05) is 0 Å². The number of hydrazine groups is 1. The molecule has 0 radical (unpaired) electrons. The summed E-state index contributed by atoms with van der Waals surface area (Å²) in [6.45, 7) is 9.43. The molecule has 0 bridgehead atoms. The predicted molar refractivity (Wildman–Crippen MR) is 88.0 cm³/mol. The van der Waals surface area contributed by atoms with Gasteiger partial charge in [-0.3, -0.25) is 11.3 Å². The molecule has 3 unspecified atom stereocenters. The minimum Gasteiger partial charge on any atom is -0.373 e. The number of hydrogen-bond acceptors (Lipinski definition) is 3. The van der Waals surface area contributed by atoms with Gasteiger partial charge in [0.25, 0.3) is 0 Å². The Labute approximate surface area is 129 Å². The second-order valence-electron chi connectivity index (χ2n) is 6.66. The summed E-state index contributed by atoms with van der Waals surface area (Å²) >= 11 is 0. The summed E-state index contributed by atoms with van der Waals surface area (Å²) in [6.07, 6.45) is 4.65. The summed E-state index contributed by atoms with van der Waals surface area (Å²) in [5.74, 6) is 6.66. The topological polar surface area (TPSA) is 47.3 Å². The van der Waals surface area contributed by atoms with E-state index in [1.54, 1.807) is 0 Å². The van der Waals surface area contributed by atoms with Crippen molar-refractivity contribution in [2.45, 2.75) is 65.0 Å². The highest BCUT2D eigenvalue weighted by atomic mass is 16.5. The number of rotatable bonds is 5. The van der Waals surface area contributed by atoms with Crippen molar-refractivity contribution >= 4 is 0 Å². The molecule has 3 nitrogen and oxygen atoms in total. The average Bonchev–Trinajstić information content (AvgIpc) is 2.42. The van der Waals surface area contributed by atoms with Crippen molar-refractivity contribution < 1.29 is 4.74 Å². The molecule has 21 heavy (non-hydrogen) atoms. The fourth-order valence-corrected chi connectivity index (χ4v) is 3.98. The van der Waals surface area contributed by atoms with Crippen LogP contribution in [0.15, 0.2) is 18.2 Å². The van der Waals surface area contributed by atoms with Gasteiger partial charge >= 0.3 is 0 Å². The summed E-state index contributed by atoms with van der Waals surface area (Å²) in [4.78, 5) is 0. The SMILES string of the molecule is CCOC1(C(NN)c2ccc(C)cc2C)CCCC(C)C1. The second-order valence-corrected chi connectivity index (χ2v) is 6.66. The highest BCUT2D eigenvalue weighted by Crippen LogP contribution is 2.44. The maximum Gasteiger partial charge on any atom is 0.0891 e. The highest BCUT2D eigenvalue weighted by molar-refractivity contribution is 5.34. The monoisotopic (exact) mass is 290 g/mol. The van der Waals surface area contributed by atoms with Crippen molar-refractivity contribution in [3.8, 4) is 0 Å². The lowest BCUT2D eigenvalue weighted by molar-refractivity contribution is -0.102. The Balaban J connectivity index is 2.39. The quantitative estimate of drug-likeness (QED) is 0.640. The fourth-order valence-electron chi connectivity index (χ4n) is 3.98. The molecule has 1 aliphatic rings. The summed E-state index contributed by atoms with van der Waals surface area (Å²) in [5, 5.41) is 0. The van der Waals surface area contributed by atoms with Gasteiger partial charge in [-0.15, -0.1) is 0 Å². The molecule has 3 heteroatoms. The normalized spacial score (nSPS) is 27.6. The molecule has 3 atom stereocenters. The predicted octanol–water partition coefficient (Wildman–Crippen LogP) is 3.79. The fraction of sp³-hybridized carbons (Fsp3) is 0.667. The Bertz CT molecular complexity index is 470.